The van der Waals surface area contributed by atoms with Crippen molar-refractivity contribution in [2.45, 2.75) is 18.9 Å². The number of hydrogen-bond acceptors (Lipinski definition) is 4. The van der Waals surface area contributed by atoms with Crippen LogP contribution in [0.3, 0.4) is 0 Å². The van der Waals surface area contributed by atoms with Crippen LogP contribution in [0.2, 0.25) is 0 Å². The number of carbonyl (C=O) groups excluding carboxylic acids is 1. The Morgan fingerprint density at radius 1 is 1.04 bits per heavy atom. The third-order valence-corrected chi connectivity index (χ3v) is 5.28. The molecular formula is C20H25N3O3S. The van der Waals surface area contributed by atoms with E-state index in [4.69, 9.17) is 0 Å². The lowest BCUT2D eigenvalue weighted by molar-refractivity contribution is 0.0939. The van der Waals surface area contributed by atoms with Crippen molar-refractivity contribution in [3.63, 3.8) is 0 Å². The minimum absolute atomic E-state index is 0.104. The molecule has 1 atom stereocenters. The van der Waals surface area contributed by atoms with Gasteiger partial charge in [-0.15, -0.1) is 0 Å². The summed E-state index contributed by atoms with van der Waals surface area (Å²) in [6, 6.07) is 16.9. The van der Waals surface area contributed by atoms with Gasteiger partial charge in [-0.2, -0.15) is 0 Å². The molecule has 0 spiro atoms. The third-order valence-electron chi connectivity index (χ3n) is 4.69. The van der Waals surface area contributed by atoms with E-state index in [0.29, 0.717) is 12.1 Å². The molecule has 2 aromatic rings. The van der Waals surface area contributed by atoms with Crippen molar-refractivity contribution in [1.29, 1.82) is 0 Å². The minimum atomic E-state index is -3.46. The summed E-state index contributed by atoms with van der Waals surface area (Å²) in [5, 5.41) is 2.99. The highest BCUT2D eigenvalue weighted by molar-refractivity contribution is 7.92. The van der Waals surface area contributed by atoms with Gasteiger partial charge in [0.05, 0.1) is 23.5 Å². The molecule has 0 aromatic heterocycles. The molecule has 1 aliphatic heterocycles. The standard InChI is InChI=1S/C20H25N3O3S/c1-27(25,26)22-18-12-6-5-11-17(18)20(24)21-15-19(23-13-7-8-14-23)16-9-3-2-4-10-16/h2-6,9-12,19,22H,7-8,13-15H2,1H3,(H,21,24). The van der Waals surface area contributed by atoms with Gasteiger partial charge in [-0.25, -0.2) is 8.42 Å². The Balaban J connectivity index is 1.75. The van der Waals surface area contributed by atoms with Crippen molar-refractivity contribution in [3.8, 4) is 0 Å². The van der Waals surface area contributed by atoms with Gasteiger partial charge in [0.15, 0.2) is 0 Å². The fraction of sp³-hybridized carbons (Fsp3) is 0.350. The molecule has 0 aliphatic carbocycles. The maximum Gasteiger partial charge on any atom is 0.253 e. The van der Waals surface area contributed by atoms with Crippen LogP contribution in [0.4, 0.5) is 5.69 Å². The maximum atomic E-state index is 12.7. The molecule has 3 rings (SSSR count). The van der Waals surface area contributed by atoms with Gasteiger partial charge < -0.3 is 5.32 Å². The van der Waals surface area contributed by atoms with Gasteiger partial charge in [-0.3, -0.25) is 14.4 Å². The zero-order valence-corrected chi connectivity index (χ0v) is 16.2. The Morgan fingerprint density at radius 3 is 2.33 bits per heavy atom. The number of amides is 1. The molecule has 0 bridgehead atoms. The summed E-state index contributed by atoms with van der Waals surface area (Å²) in [7, 11) is -3.46. The van der Waals surface area contributed by atoms with Crippen LogP contribution in [0.5, 0.6) is 0 Å². The molecule has 6 nitrogen and oxygen atoms in total. The molecule has 1 heterocycles. The van der Waals surface area contributed by atoms with E-state index in [1.165, 1.54) is 18.4 Å². The van der Waals surface area contributed by atoms with E-state index >= 15 is 0 Å². The summed E-state index contributed by atoms with van der Waals surface area (Å²) >= 11 is 0. The van der Waals surface area contributed by atoms with Crippen molar-refractivity contribution in [2.24, 2.45) is 0 Å². The van der Waals surface area contributed by atoms with Gasteiger partial charge >= 0.3 is 0 Å². The maximum absolute atomic E-state index is 12.7. The van der Waals surface area contributed by atoms with Crippen LogP contribution in [-0.4, -0.2) is 45.1 Å². The Hall–Kier alpha value is -2.38. The number of nitrogens with zero attached hydrogens (tertiary/aromatic N) is 1. The Bertz CT molecular complexity index is 878. The van der Waals surface area contributed by atoms with E-state index in [2.05, 4.69) is 27.1 Å². The van der Waals surface area contributed by atoms with E-state index in [1.54, 1.807) is 24.3 Å². The van der Waals surface area contributed by atoms with E-state index in [9.17, 15) is 13.2 Å². The largest absolute Gasteiger partial charge is 0.350 e. The summed E-state index contributed by atoms with van der Waals surface area (Å²) < 4.78 is 25.5. The topological polar surface area (TPSA) is 78.5 Å². The zero-order chi connectivity index (χ0) is 19.3. The monoisotopic (exact) mass is 387 g/mol. The van der Waals surface area contributed by atoms with Gasteiger partial charge in [0.25, 0.3) is 5.91 Å². The molecule has 0 radical (unpaired) electrons. The second-order valence-electron chi connectivity index (χ2n) is 6.80. The number of nitrogens with one attached hydrogen (secondary N) is 2. The summed E-state index contributed by atoms with van der Waals surface area (Å²) in [6.45, 7) is 2.50. The SMILES string of the molecule is CS(=O)(=O)Nc1ccccc1C(=O)NCC(c1ccccc1)N1CCCC1. The second kappa shape index (κ2) is 8.54. The summed E-state index contributed by atoms with van der Waals surface area (Å²) in [5.74, 6) is -0.290. The van der Waals surface area contributed by atoms with E-state index in [-0.39, 0.29) is 17.6 Å². The fourth-order valence-corrected chi connectivity index (χ4v) is 4.02. The Labute approximate surface area is 160 Å². The summed E-state index contributed by atoms with van der Waals surface area (Å²) in [4.78, 5) is 15.1. The van der Waals surface area contributed by atoms with Gasteiger partial charge in [0.1, 0.15) is 0 Å². The molecule has 1 unspecified atom stereocenters. The number of hydrogen-bond donors (Lipinski definition) is 2. The van der Waals surface area contributed by atoms with E-state index in [0.717, 1.165) is 19.3 Å². The highest BCUT2D eigenvalue weighted by Gasteiger charge is 2.24. The molecule has 1 aliphatic rings. The van der Waals surface area contributed by atoms with E-state index in [1.807, 2.05) is 18.2 Å². The Morgan fingerprint density at radius 2 is 1.67 bits per heavy atom. The molecular weight excluding hydrogens is 362 g/mol. The van der Waals surface area contributed by atoms with Crippen molar-refractivity contribution in [1.82, 2.24) is 10.2 Å². The predicted octanol–water partition coefficient (Wildman–Crippen LogP) is 2.63. The lowest BCUT2D eigenvalue weighted by atomic mass is 10.1. The predicted molar refractivity (Wildman–Crippen MR) is 107 cm³/mol. The quantitative estimate of drug-likeness (QED) is 0.766. The Kier molecular flexibility index (Phi) is 6.13. The highest BCUT2D eigenvalue weighted by Crippen LogP contribution is 2.25. The average molecular weight is 388 g/mol. The molecule has 1 amide bonds. The van der Waals surface area contributed by atoms with Crippen molar-refractivity contribution in [3.05, 3.63) is 65.7 Å². The van der Waals surface area contributed by atoms with Crippen LogP contribution >= 0.6 is 0 Å². The second-order valence-corrected chi connectivity index (χ2v) is 8.55. The van der Waals surface area contributed by atoms with Crippen LogP contribution < -0.4 is 10.0 Å². The number of carbonyl (C=O) groups is 1. The normalized spacial score (nSPS) is 16.0. The molecule has 2 N–H and O–H groups in total. The van der Waals surface area contributed by atoms with E-state index < -0.39 is 10.0 Å². The first-order valence-corrected chi connectivity index (χ1v) is 11.0. The first kappa shape index (κ1) is 19.4. The van der Waals surface area contributed by atoms with Crippen LogP contribution in [0.25, 0.3) is 0 Å². The van der Waals surface area contributed by atoms with Gasteiger partial charge in [-0.05, 0) is 43.6 Å². The van der Waals surface area contributed by atoms with Crippen LogP contribution in [0.15, 0.2) is 54.6 Å². The number of benzene rings is 2. The number of likely N-dealkylation sites (tertiary alicyclic amines) is 1. The van der Waals surface area contributed by atoms with Gasteiger partial charge in [0.2, 0.25) is 10.0 Å². The number of rotatable bonds is 7. The smallest absolute Gasteiger partial charge is 0.253 e. The first-order valence-electron chi connectivity index (χ1n) is 9.08. The van der Waals surface area contributed by atoms with Crippen LogP contribution in [-0.2, 0) is 10.0 Å². The van der Waals surface area contributed by atoms with Crippen LogP contribution in [0, 0.1) is 0 Å². The molecule has 7 heteroatoms. The number of anilines is 1. The minimum Gasteiger partial charge on any atom is -0.350 e. The molecule has 144 valence electrons. The third kappa shape index (κ3) is 5.30. The average Bonchev–Trinajstić information content (AvgIpc) is 3.16. The summed E-state index contributed by atoms with van der Waals surface area (Å²) in [6.07, 6.45) is 3.40. The highest BCUT2D eigenvalue weighted by atomic mass is 32.2. The zero-order valence-electron chi connectivity index (χ0n) is 15.4. The fourth-order valence-electron chi connectivity index (χ4n) is 3.44. The molecule has 0 saturated carbocycles. The molecule has 2 aromatic carbocycles. The van der Waals surface area contributed by atoms with Crippen molar-refractivity contribution >= 4 is 21.6 Å². The van der Waals surface area contributed by atoms with Gasteiger partial charge in [0, 0.05) is 6.54 Å². The number of para-hydroxylation sites is 1. The molecule has 1 saturated heterocycles. The lowest BCUT2D eigenvalue weighted by Crippen LogP contribution is -2.37. The first-order chi connectivity index (χ1) is 12.9. The molecule has 1 fully saturated rings. The van der Waals surface area contributed by atoms with Crippen molar-refractivity contribution < 1.29 is 13.2 Å². The molecule has 27 heavy (non-hydrogen) atoms. The number of sulfonamides is 1. The van der Waals surface area contributed by atoms with Crippen LogP contribution in [0.1, 0.15) is 34.8 Å². The van der Waals surface area contributed by atoms with Crippen molar-refractivity contribution in [2.75, 3.05) is 30.6 Å². The van der Waals surface area contributed by atoms with Gasteiger partial charge in [-0.1, -0.05) is 42.5 Å². The summed E-state index contributed by atoms with van der Waals surface area (Å²) in [5.41, 5.74) is 1.77. The lowest BCUT2D eigenvalue weighted by Gasteiger charge is -2.28.